The molecule has 4 aromatic rings. The molecule has 0 bridgehead atoms. The number of para-hydroxylation sites is 2. The minimum Gasteiger partial charge on any atom is -0.444 e. The van der Waals surface area contributed by atoms with Gasteiger partial charge in [0.2, 0.25) is 11.8 Å². The second kappa shape index (κ2) is 14.6. The monoisotopic (exact) mass is 585 g/mol. The number of amides is 3. The number of H-pyrrole nitrogens is 2. The maximum atomic E-state index is 13.1. The van der Waals surface area contributed by atoms with Gasteiger partial charge in [-0.1, -0.05) is 55.5 Å². The summed E-state index contributed by atoms with van der Waals surface area (Å²) in [4.78, 5) is 44.7. The molecule has 0 aliphatic rings. The molecule has 2 heterocycles. The second-order valence-corrected chi connectivity index (χ2v) is 11.9. The fourth-order valence-electron chi connectivity index (χ4n) is 4.99. The van der Waals surface area contributed by atoms with Gasteiger partial charge in [0.1, 0.15) is 11.6 Å². The van der Waals surface area contributed by atoms with Gasteiger partial charge in [0.15, 0.2) is 0 Å². The van der Waals surface area contributed by atoms with Crippen molar-refractivity contribution in [3.8, 4) is 0 Å². The lowest BCUT2D eigenvalue weighted by atomic mass is 10.00. The van der Waals surface area contributed by atoms with Crippen LogP contribution in [0.1, 0.15) is 51.7 Å². The van der Waals surface area contributed by atoms with Gasteiger partial charge >= 0.3 is 6.09 Å². The van der Waals surface area contributed by atoms with Gasteiger partial charge < -0.3 is 30.7 Å². The highest BCUT2D eigenvalue weighted by molar-refractivity contribution is 5.88. The molecule has 2 aromatic heterocycles. The zero-order valence-electron chi connectivity index (χ0n) is 25.5. The molecule has 0 aliphatic heterocycles. The van der Waals surface area contributed by atoms with E-state index in [0.29, 0.717) is 38.8 Å². The SMILES string of the molecule is C[C@@H](Cc1c[nH]c2ccccc12)C(=O)NCCC=CCCNC(=O)[C@H](Cc1c[nH]c2ccccc12)NC(=O)OC(C)(C)C. The molecule has 0 saturated carbocycles. The zero-order chi connectivity index (χ0) is 30.8. The van der Waals surface area contributed by atoms with Crippen LogP contribution in [0.3, 0.4) is 0 Å². The molecular weight excluding hydrogens is 542 g/mol. The predicted molar refractivity (Wildman–Crippen MR) is 171 cm³/mol. The Kier molecular flexibility index (Phi) is 10.6. The maximum Gasteiger partial charge on any atom is 0.408 e. The van der Waals surface area contributed by atoms with Crippen LogP contribution in [0.5, 0.6) is 0 Å². The van der Waals surface area contributed by atoms with E-state index in [1.165, 1.54) is 0 Å². The van der Waals surface area contributed by atoms with Crippen LogP contribution in [0, 0.1) is 5.92 Å². The number of carbonyl (C=O) groups is 3. The predicted octanol–water partition coefficient (Wildman–Crippen LogP) is 5.53. The molecule has 0 spiro atoms. The van der Waals surface area contributed by atoms with Crippen LogP contribution in [0.25, 0.3) is 21.8 Å². The standard InChI is InChI=1S/C34H43N5O4/c1-23(19-24-21-37-28-15-9-7-13-26(24)28)31(40)35-17-11-5-6-12-18-36-32(41)30(39-33(42)43-34(2,3)4)20-25-22-38-29-16-10-8-14-27(25)29/h5-10,13-16,21-23,30,37-38H,11-12,17-20H2,1-4H3,(H,35,40)(H,36,41)(H,39,42)/t23-,30-/m0/s1. The van der Waals surface area contributed by atoms with E-state index in [9.17, 15) is 14.4 Å². The van der Waals surface area contributed by atoms with E-state index >= 15 is 0 Å². The number of fused-ring (bicyclic) bond motifs is 2. The highest BCUT2D eigenvalue weighted by Crippen LogP contribution is 2.21. The third kappa shape index (κ3) is 9.23. The molecule has 5 N–H and O–H groups in total. The number of ether oxygens (including phenoxy) is 1. The van der Waals surface area contributed by atoms with Gasteiger partial charge in [0.05, 0.1) is 0 Å². The van der Waals surface area contributed by atoms with Crippen LogP contribution in [-0.4, -0.2) is 52.6 Å². The minimum atomic E-state index is -0.792. The van der Waals surface area contributed by atoms with E-state index < -0.39 is 17.7 Å². The van der Waals surface area contributed by atoms with Crippen molar-refractivity contribution < 1.29 is 19.1 Å². The fraction of sp³-hybridized carbons (Fsp3) is 0.382. The van der Waals surface area contributed by atoms with E-state index in [4.69, 9.17) is 4.74 Å². The third-order valence-corrected chi connectivity index (χ3v) is 7.14. The van der Waals surface area contributed by atoms with Gasteiger partial charge in [-0.2, -0.15) is 0 Å². The Morgan fingerprint density at radius 3 is 1.86 bits per heavy atom. The molecule has 228 valence electrons. The summed E-state index contributed by atoms with van der Waals surface area (Å²) < 4.78 is 5.40. The topological polar surface area (TPSA) is 128 Å². The Hall–Kier alpha value is -4.53. The number of aromatic nitrogens is 2. The number of hydrogen-bond acceptors (Lipinski definition) is 4. The lowest BCUT2D eigenvalue weighted by Gasteiger charge is -2.23. The molecule has 0 radical (unpaired) electrons. The smallest absolute Gasteiger partial charge is 0.408 e. The lowest BCUT2D eigenvalue weighted by Crippen LogP contribution is -2.49. The number of hydrogen-bond donors (Lipinski definition) is 5. The first kappa shape index (κ1) is 31.4. The highest BCUT2D eigenvalue weighted by atomic mass is 16.6. The van der Waals surface area contributed by atoms with Crippen molar-refractivity contribution in [2.45, 2.75) is 65.0 Å². The molecule has 0 saturated heterocycles. The lowest BCUT2D eigenvalue weighted by molar-refractivity contribution is -0.124. The Bertz CT molecular complexity index is 1560. The van der Waals surface area contributed by atoms with Crippen molar-refractivity contribution >= 4 is 39.7 Å². The van der Waals surface area contributed by atoms with E-state index in [1.54, 1.807) is 20.8 Å². The summed E-state index contributed by atoms with van der Waals surface area (Å²) in [6.07, 6.45) is 9.52. The summed E-state index contributed by atoms with van der Waals surface area (Å²) in [6.45, 7) is 8.26. The van der Waals surface area contributed by atoms with E-state index in [0.717, 1.165) is 32.9 Å². The normalized spacial score (nSPS) is 13.2. The van der Waals surface area contributed by atoms with Gasteiger partial charge in [0.25, 0.3) is 0 Å². The molecule has 43 heavy (non-hydrogen) atoms. The number of alkyl carbamates (subject to hydrolysis) is 1. The van der Waals surface area contributed by atoms with Gasteiger partial charge in [-0.05, 0) is 63.3 Å². The van der Waals surface area contributed by atoms with Gasteiger partial charge in [-0.15, -0.1) is 0 Å². The summed E-state index contributed by atoms with van der Waals surface area (Å²) in [6, 6.07) is 15.2. The average Bonchev–Trinajstić information content (AvgIpc) is 3.57. The molecule has 9 heteroatoms. The quantitative estimate of drug-likeness (QED) is 0.104. The summed E-state index contributed by atoms with van der Waals surface area (Å²) in [5.41, 5.74) is 3.45. The van der Waals surface area contributed by atoms with Gasteiger partial charge in [0, 0.05) is 59.6 Å². The van der Waals surface area contributed by atoms with Crippen molar-refractivity contribution in [2.75, 3.05) is 13.1 Å². The van der Waals surface area contributed by atoms with Gasteiger partial charge in [-0.3, -0.25) is 9.59 Å². The van der Waals surface area contributed by atoms with Crippen molar-refractivity contribution in [1.82, 2.24) is 25.9 Å². The number of nitrogens with one attached hydrogen (secondary N) is 5. The van der Waals surface area contributed by atoms with Crippen LogP contribution in [-0.2, 0) is 27.2 Å². The summed E-state index contributed by atoms with van der Waals surface area (Å²) in [5.74, 6) is -0.379. The van der Waals surface area contributed by atoms with E-state index in [2.05, 4.69) is 32.0 Å². The maximum absolute atomic E-state index is 13.1. The van der Waals surface area contributed by atoms with Crippen LogP contribution >= 0.6 is 0 Å². The number of benzene rings is 2. The first-order valence-electron chi connectivity index (χ1n) is 14.9. The first-order chi connectivity index (χ1) is 20.6. The summed E-state index contributed by atoms with van der Waals surface area (Å²) >= 11 is 0. The second-order valence-electron chi connectivity index (χ2n) is 11.9. The molecule has 4 rings (SSSR count). The molecule has 3 amide bonds. The van der Waals surface area contributed by atoms with Crippen molar-refractivity contribution in [1.29, 1.82) is 0 Å². The largest absolute Gasteiger partial charge is 0.444 e. The molecule has 2 aromatic carbocycles. The van der Waals surface area contributed by atoms with Crippen LogP contribution in [0.4, 0.5) is 4.79 Å². The summed E-state index contributed by atoms with van der Waals surface area (Å²) in [7, 11) is 0. The Balaban J connectivity index is 1.19. The first-order valence-corrected chi connectivity index (χ1v) is 14.9. The highest BCUT2D eigenvalue weighted by Gasteiger charge is 2.25. The summed E-state index contributed by atoms with van der Waals surface area (Å²) in [5, 5.41) is 10.8. The van der Waals surface area contributed by atoms with Crippen LogP contribution < -0.4 is 16.0 Å². The Morgan fingerprint density at radius 1 is 0.791 bits per heavy atom. The number of rotatable bonds is 13. The molecular formula is C34H43N5O4. The van der Waals surface area contributed by atoms with E-state index in [1.807, 2.05) is 73.9 Å². The van der Waals surface area contributed by atoms with Crippen molar-refractivity contribution in [2.24, 2.45) is 5.92 Å². The van der Waals surface area contributed by atoms with Gasteiger partial charge in [-0.25, -0.2) is 4.79 Å². The number of carbonyl (C=O) groups excluding carboxylic acids is 3. The van der Waals surface area contributed by atoms with Crippen LogP contribution in [0.2, 0.25) is 0 Å². The fourth-order valence-corrected chi connectivity index (χ4v) is 4.99. The molecule has 0 aliphatic carbocycles. The third-order valence-electron chi connectivity index (χ3n) is 7.14. The zero-order valence-corrected chi connectivity index (χ0v) is 25.5. The van der Waals surface area contributed by atoms with Crippen molar-refractivity contribution in [3.05, 3.63) is 84.2 Å². The van der Waals surface area contributed by atoms with E-state index in [-0.39, 0.29) is 17.7 Å². The molecule has 0 unspecified atom stereocenters. The molecule has 2 atom stereocenters. The van der Waals surface area contributed by atoms with Crippen LogP contribution in [0.15, 0.2) is 73.1 Å². The molecule has 9 nitrogen and oxygen atoms in total. The Labute approximate surface area is 252 Å². The molecule has 0 fully saturated rings. The van der Waals surface area contributed by atoms with Crippen molar-refractivity contribution in [3.63, 3.8) is 0 Å². The average molecular weight is 586 g/mol. The minimum absolute atomic E-state index is 0.0321. The Morgan fingerprint density at radius 2 is 1.30 bits per heavy atom. The number of aromatic amines is 2.